The van der Waals surface area contributed by atoms with Crippen LogP contribution in [0.5, 0.6) is 0 Å². The molecule has 0 unspecified atom stereocenters. The van der Waals surface area contributed by atoms with Crippen molar-refractivity contribution >= 4 is 37.5 Å². The van der Waals surface area contributed by atoms with E-state index in [0.717, 1.165) is 15.7 Å². The van der Waals surface area contributed by atoms with Crippen LogP contribution in [0.2, 0.25) is 0 Å². The monoisotopic (exact) mass is 333 g/mol. The lowest BCUT2D eigenvalue weighted by Crippen LogP contribution is -1.87. The van der Waals surface area contributed by atoms with E-state index in [9.17, 15) is 0 Å². The lowest BCUT2D eigenvalue weighted by atomic mass is 9.98. The Labute approximate surface area is 131 Å². The summed E-state index contributed by atoms with van der Waals surface area (Å²) in [6.07, 6.45) is 1.83. The Bertz CT molecular complexity index is 960. The van der Waals surface area contributed by atoms with E-state index in [0.29, 0.717) is 0 Å². The molecule has 0 atom stereocenters. The molecular formula is C19H12BrN. The Balaban J connectivity index is 2.10. The minimum atomic E-state index is 0.985. The molecule has 0 aliphatic heterocycles. The van der Waals surface area contributed by atoms with Gasteiger partial charge in [-0.05, 0) is 61.7 Å². The van der Waals surface area contributed by atoms with Gasteiger partial charge in [-0.15, -0.1) is 0 Å². The molecule has 1 heterocycles. The maximum atomic E-state index is 4.53. The van der Waals surface area contributed by atoms with Crippen molar-refractivity contribution in [3.05, 3.63) is 77.4 Å². The number of pyridine rings is 1. The maximum Gasteiger partial charge on any atom is 0.0850 e. The van der Waals surface area contributed by atoms with E-state index < -0.39 is 0 Å². The van der Waals surface area contributed by atoms with Gasteiger partial charge in [0.1, 0.15) is 0 Å². The van der Waals surface area contributed by atoms with Crippen LogP contribution in [0.3, 0.4) is 0 Å². The van der Waals surface area contributed by atoms with Crippen molar-refractivity contribution in [3.8, 4) is 11.3 Å². The minimum absolute atomic E-state index is 0.985. The number of fused-ring (bicyclic) bond motifs is 2. The van der Waals surface area contributed by atoms with Gasteiger partial charge in [0.25, 0.3) is 0 Å². The largest absolute Gasteiger partial charge is 0.255 e. The molecule has 3 aromatic carbocycles. The van der Waals surface area contributed by atoms with Crippen molar-refractivity contribution in [1.29, 1.82) is 0 Å². The van der Waals surface area contributed by atoms with Gasteiger partial charge in [-0.1, -0.05) is 42.5 Å². The Morgan fingerprint density at radius 2 is 1.48 bits per heavy atom. The molecule has 0 bridgehead atoms. The molecular weight excluding hydrogens is 322 g/mol. The molecule has 100 valence electrons. The van der Waals surface area contributed by atoms with Gasteiger partial charge in [0.05, 0.1) is 5.69 Å². The quantitative estimate of drug-likeness (QED) is 0.400. The van der Waals surface area contributed by atoms with E-state index in [2.05, 4.69) is 75.5 Å². The first-order valence-electron chi connectivity index (χ1n) is 6.85. The van der Waals surface area contributed by atoms with Crippen LogP contribution in [0.4, 0.5) is 0 Å². The van der Waals surface area contributed by atoms with Crippen LogP contribution in [0.15, 0.2) is 77.4 Å². The highest BCUT2D eigenvalue weighted by atomic mass is 79.9. The van der Waals surface area contributed by atoms with Gasteiger partial charge in [-0.3, -0.25) is 4.98 Å². The lowest BCUT2D eigenvalue weighted by molar-refractivity contribution is 1.31. The topological polar surface area (TPSA) is 12.9 Å². The SMILES string of the molecule is Brc1cccnc1-c1cccc2cc3ccccc3cc12. The molecule has 0 saturated carbocycles. The van der Waals surface area contributed by atoms with E-state index >= 15 is 0 Å². The van der Waals surface area contributed by atoms with Gasteiger partial charge >= 0.3 is 0 Å². The summed E-state index contributed by atoms with van der Waals surface area (Å²) in [5, 5.41) is 4.99. The average Bonchev–Trinajstić information content (AvgIpc) is 2.53. The van der Waals surface area contributed by atoms with E-state index in [1.54, 1.807) is 0 Å². The van der Waals surface area contributed by atoms with Crippen LogP contribution in [0.1, 0.15) is 0 Å². The fourth-order valence-corrected chi connectivity index (χ4v) is 3.23. The van der Waals surface area contributed by atoms with Gasteiger partial charge in [0.2, 0.25) is 0 Å². The molecule has 0 fully saturated rings. The molecule has 2 heteroatoms. The summed E-state index contributed by atoms with van der Waals surface area (Å²) >= 11 is 3.61. The highest BCUT2D eigenvalue weighted by Gasteiger charge is 2.09. The van der Waals surface area contributed by atoms with Crippen LogP contribution in [0, 0.1) is 0 Å². The van der Waals surface area contributed by atoms with E-state index in [-0.39, 0.29) is 0 Å². The first kappa shape index (κ1) is 12.5. The summed E-state index contributed by atoms with van der Waals surface area (Å²) in [5.74, 6) is 0. The zero-order valence-corrected chi connectivity index (χ0v) is 12.8. The molecule has 1 nitrogen and oxygen atoms in total. The molecule has 0 amide bonds. The zero-order chi connectivity index (χ0) is 14.2. The molecule has 0 saturated heterocycles. The summed E-state index contributed by atoms with van der Waals surface area (Å²) in [6.45, 7) is 0. The van der Waals surface area contributed by atoms with Gasteiger partial charge in [0.15, 0.2) is 0 Å². The van der Waals surface area contributed by atoms with Crippen LogP contribution in [-0.4, -0.2) is 4.98 Å². The van der Waals surface area contributed by atoms with Crippen molar-refractivity contribution in [2.45, 2.75) is 0 Å². The molecule has 0 N–H and O–H groups in total. The number of nitrogens with zero attached hydrogens (tertiary/aromatic N) is 1. The van der Waals surface area contributed by atoms with Gasteiger partial charge in [-0.25, -0.2) is 0 Å². The highest BCUT2D eigenvalue weighted by molar-refractivity contribution is 9.10. The number of benzene rings is 3. The summed E-state index contributed by atoms with van der Waals surface area (Å²) in [4.78, 5) is 4.53. The Kier molecular flexibility index (Phi) is 2.97. The first-order chi connectivity index (χ1) is 10.3. The number of hydrogen-bond acceptors (Lipinski definition) is 1. The average molecular weight is 334 g/mol. The second-order valence-electron chi connectivity index (χ2n) is 5.06. The van der Waals surface area contributed by atoms with Crippen LogP contribution < -0.4 is 0 Å². The van der Waals surface area contributed by atoms with Crippen molar-refractivity contribution in [3.63, 3.8) is 0 Å². The first-order valence-corrected chi connectivity index (χ1v) is 7.65. The summed E-state index contributed by atoms with van der Waals surface area (Å²) in [7, 11) is 0. The molecule has 0 radical (unpaired) electrons. The Hall–Kier alpha value is -2.19. The standard InChI is InChI=1S/C19H12BrN/c20-18-9-4-10-21-19(18)16-8-3-7-15-11-13-5-1-2-6-14(13)12-17(15)16/h1-12H. The molecule has 0 spiro atoms. The fourth-order valence-electron chi connectivity index (χ4n) is 2.76. The minimum Gasteiger partial charge on any atom is -0.255 e. The van der Waals surface area contributed by atoms with Crippen molar-refractivity contribution in [1.82, 2.24) is 4.98 Å². The molecule has 1 aromatic heterocycles. The molecule has 0 aliphatic carbocycles. The van der Waals surface area contributed by atoms with Gasteiger partial charge < -0.3 is 0 Å². The third kappa shape index (κ3) is 2.12. The van der Waals surface area contributed by atoms with Gasteiger partial charge in [-0.2, -0.15) is 0 Å². The van der Waals surface area contributed by atoms with Crippen LogP contribution in [0.25, 0.3) is 32.8 Å². The number of hydrogen-bond donors (Lipinski definition) is 0. The van der Waals surface area contributed by atoms with E-state index in [4.69, 9.17) is 0 Å². The van der Waals surface area contributed by atoms with Crippen LogP contribution >= 0.6 is 15.9 Å². The second-order valence-corrected chi connectivity index (χ2v) is 5.91. The number of halogens is 1. The predicted molar refractivity (Wildman–Crippen MR) is 92.4 cm³/mol. The van der Waals surface area contributed by atoms with Crippen molar-refractivity contribution in [2.75, 3.05) is 0 Å². The Morgan fingerprint density at radius 3 is 2.29 bits per heavy atom. The predicted octanol–water partition coefficient (Wildman–Crippen LogP) is 5.82. The third-order valence-corrected chi connectivity index (χ3v) is 4.40. The lowest BCUT2D eigenvalue weighted by Gasteiger charge is -2.09. The van der Waals surface area contributed by atoms with Crippen LogP contribution in [-0.2, 0) is 0 Å². The summed E-state index contributed by atoms with van der Waals surface area (Å²) in [5.41, 5.74) is 2.14. The zero-order valence-electron chi connectivity index (χ0n) is 11.3. The normalized spacial score (nSPS) is 11.1. The number of aromatic nitrogens is 1. The maximum absolute atomic E-state index is 4.53. The van der Waals surface area contributed by atoms with Gasteiger partial charge in [0, 0.05) is 16.2 Å². The van der Waals surface area contributed by atoms with E-state index in [1.165, 1.54) is 21.5 Å². The fraction of sp³-hybridized carbons (Fsp3) is 0. The smallest absolute Gasteiger partial charge is 0.0850 e. The molecule has 4 aromatic rings. The van der Waals surface area contributed by atoms with Crippen molar-refractivity contribution in [2.24, 2.45) is 0 Å². The summed E-state index contributed by atoms with van der Waals surface area (Å²) in [6, 6.07) is 23.3. The van der Waals surface area contributed by atoms with E-state index in [1.807, 2.05) is 18.3 Å². The number of rotatable bonds is 1. The second kappa shape index (κ2) is 4.97. The van der Waals surface area contributed by atoms with Crippen molar-refractivity contribution < 1.29 is 0 Å². The summed E-state index contributed by atoms with van der Waals surface area (Å²) < 4.78 is 1.02. The Morgan fingerprint density at radius 1 is 0.714 bits per heavy atom. The third-order valence-electron chi connectivity index (χ3n) is 3.76. The molecule has 21 heavy (non-hydrogen) atoms. The highest BCUT2D eigenvalue weighted by Crippen LogP contribution is 2.33. The molecule has 0 aliphatic rings. The molecule has 4 rings (SSSR count).